The second kappa shape index (κ2) is 10.3. The number of carbonyl (C=O) groups is 1. The van der Waals surface area contributed by atoms with Crippen molar-refractivity contribution in [3.8, 4) is 22.2 Å². The van der Waals surface area contributed by atoms with Crippen molar-refractivity contribution in [1.82, 2.24) is 29.9 Å². The van der Waals surface area contributed by atoms with Gasteiger partial charge in [0.25, 0.3) is 5.89 Å². The molecular formula is C21H21ClN6O2S2. The van der Waals surface area contributed by atoms with Crippen LogP contribution < -0.4 is 0 Å². The monoisotopic (exact) mass is 488 g/mol. The molecule has 3 aromatic heterocycles. The van der Waals surface area contributed by atoms with Crippen LogP contribution in [0.5, 0.6) is 0 Å². The van der Waals surface area contributed by atoms with Crippen molar-refractivity contribution >= 4 is 40.6 Å². The summed E-state index contributed by atoms with van der Waals surface area (Å²) >= 11 is 9.15. The molecule has 0 aliphatic carbocycles. The average molecular weight is 489 g/mol. The van der Waals surface area contributed by atoms with Crippen molar-refractivity contribution in [1.29, 1.82) is 0 Å². The predicted octanol–water partition coefficient (Wildman–Crippen LogP) is 4.78. The first kappa shape index (κ1) is 22.5. The van der Waals surface area contributed by atoms with Gasteiger partial charge in [0.05, 0.1) is 22.2 Å². The van der Waals surface area contributed by atoms with Crippen LogP contribution in [0.15, 0.2) is 51.4 Å². The molecule has 3 heterocycles. The van der Waals surface area contributed by atoms with E-state index in [1.807, 2.05) is 60.3 Å². The molecule has 0 bridgehead atoms. The van der Waals surface area contributed by atoms with Gasteiger partial charge in [-0.15, -0.1) is 31.7 Å². The number of hydrogen-bond donors (Lipinski definition) is 0. The van der Waals surface area contributed by atoms with Gasteiger partial charge in [-0.3, -0.25) is 4.79 Å². The molecule has 0 aliphatic rings. The minimum atomic E-state index is -0.0324. The third-order valence-corrected chi connectivity index (χ3v) is 6.84. The zero-order valence-corrected chi connectivity index (χ0v) is 20.0. The van der Waals surface area contributed by atoms with E-state index in [0.29, 0.717) is 34.3 Å². The van der Waals surface area contributed by atoms with Crippen molar-refractivity contribution in [2.24, 2.45) is 7.05 Å². The van der Waals surface area contributed by atoms with E-state index in [1.165, 1.54) is 23.1 Å². The van der Waals surface area contributed by atoms with Gasteiger partial charge in [-0.1, -0.05) is 48.5 Å². The maximum absolute atomic E-state index is 12.9. The third-order valence-electron chi connectivity index (χ3n) is 4.65. The van der Waals surface area contributed by atoms with Gasteiger partial charge >= 0.3 is 0 Å². The fourth-order valence-corrected chi connectivity index (χ4v) is 4.76. The molecule has 0 saturated heterocycles. The number of amides is 1. The van der Waals surface area contributed by atoms with Crippen LogP contribution in [0.25, 0.3) is 22.2 Å². The van der Waals surface area contributed by atoms with E-state index in [9.17, 15) is 4.79 Å². The lowest BCUT2D eigenvalue weighted by molar-refractivity contribution is -0.129. The molecule has 4 rings (SSSR count). The fraction of sp³-hybridized carbons (Fsp3) is 0.286. The van der Waals surface area contributed by atoms with E-state index in [2.05, 4.69) is 20.4 Å². The van der Waals surface area contributed by atoms with Gasteiger partial charge < -0.3 is 13.9 Å². The summed E-state index contributed by atoms with van der Waals surface area (Å²) in [5, 5.41) is 19.9. The van der Waals surface area contributed by atoms with Gasteiger partial charge in [0.2, 0.25) is 11.8 Å². The highest BCUT2D eigenvalue weighted by molar-refractivity contribution is 7.99. The van der Waals surface area contributed by atoms with Gasteiger partial charge in [0, 0.05) is 19.2 Å². The van der Waals surface area contributed by atoms with Gasteiger partial charge in [0.15, 0.2) is 11.0 Å². The molecule has 1 amide bonds. The molecule has 4 aromatic rings. The summed E-state index contributed by atoms with van der Waals surface area (Å²) < 4.78 is 7.59. The molecule has 8 nitrogen and oxygen atoms in total. The first-order valence-electron chi connectivity index (χ1n) is 9.98. The first-order chi connectivity index (χ1) is 15.6. The van der Waals surface area contributed by atoms with Crippen LogP contribution in [-0.2, 0) is 18.4 Å². The Morgan fingerprint density at radius 3 is 2.78 bits per heavy atom. The number of halogens is 1. The lowest BCUT2D eigenvalue weighted by Crippen LogP contribution is -2.32. The number of nitrogens with zero attached hydrogens (tertiary/aromatic N) is 6. The maximum Gasteiger partial charge on any atom is 0.257 e. The van der Waals surface area contributed by atoms with Crippen molar-refractivity contribution < 1.29 is 9.21 Å². The average Bonchev–Trinajstić information content (AvgIpc) is 3.54. The largest absolute Gasteiger partial charge is 0.418 e. The van der Waals surface area contributed by atoms with Crippen LogP contribution >= 0.6 is 34.7 Å². The minimum absolute atomic E-state index is 0.0324. The Kier molecular flexibility index (Phi) is 7.23. The van der Waals surface area contributed by atoms with Crippen LogP contribution in [0.1, 0.15) is 19.2 Å². The molecule has 11 heteroatoms. The normalized spacial score (nSPS) is 11.1. The highest BCUT2D eigenvalue weighted by Crippen LogP contribution is 2.28. The van der Waals surface area contributed by atoms with Gasteiger partial charge in [-0.2, -0.15) is 0 Å². The van der Waals surface area contributed by atoms with Crippen LogP contribution in [0, 0.1) is 0 Å². The number of thioether (sulfide) groups is 1. The Balaban J connectivity index is 1.41. The van der Waals surface area contributed by atoms with E-state index in [4.69, 9.17) is 16.0 Å². The van der Waals surface area contributed by atoms with E-state index in [-0.39, 0.29) is 18.2 Å². The Bertz CT molecular complexity index is 1190. The first-order valence-corrected chi connectivity index (χ1v) is 12.2. The molecule has 0 N–H and O–H groups in total. The van der Waals surface area contributed by atoms with Gasteiger partial charge in [0.1, 0.15) is 0 Å². The number of benzene rings is 1. The van der Waals surface area contributed by atoms with Crippen molar-refractivity contribution in [3.63, 3.8) is 0 Å². The maximum atomic E-state index is 12.9. The summed E-state index contributed by atoms with van der Waals surface area (Å²) in [6.45, 7) is 2.89. The molecule has 0 saturated carbocycles. The summed E-state index contributed by atoms with van der Waals surface area (Å²) in [7, 11) is 1.86. The van der Waals surface area contributed by atoms with Crippen LogP contribution in [0.3, 0.4) is 0 Å². The van der Waals surface area contributed by atoms with E-state index in [0.717, 1.165) is 16.9 Å². The van der Waals surface area contributed by atoms with E-state index in [1.54, 1.807) is 4.90 Å². The standard InChI is InChI=1S/C21H21ClN6O2S2/c1-3-10-28(12-17-23-25-20(30-17)16-9-6-11-31-16)18(29)13-32-21-26-24-19(27(21)2)14-7-4-5-8-15(14)22/h4-9,11H,3,10,12-13H2,1-2H3. The second-order valence-corrected chi connectivity index (χ2v) is 9.22. The molecule has 0 radical (unpaired) electrons. The number of rotatable bonds is 9. The Labute approximate surface area is 198 Å². The molecular weight excluding hydrogens is 468 g/mol. The van der Waals surface area contributed by atoms with Crippen molar-refractivity contribution in [2.75, 3.05) is 12.3 Å². The molecule has 0 atom stereocenters. The Hall–Kier alpha value is -2.69. The van der Waals surface area contributed by atoms with Crippen molar-refractivity contribution in [2.45, 2.75) is 25.0 Å². The van der Waals surface area contributed by atoms with Gasteiger partial charge in [-0.25, -0.2) is 0 Å². The molecule has 0 fully saturated rings. The number of aromatic nitrogens is 5. The van der Waals surface area contributed by atoms with Crippen LogP contribution in [0.4, 0.5) is 0 Å². The lowest BCUT2D eigenvalue weighted by atomic mass is 10.2. The molecule has 0 aliphatic heterocycles. The topological polar surface area (TPSA) is 89.9 Å². The molecule has 32 heavy (non-hydrogen) atoms. The number of hydrogen-bond acceptors (Lipinski definition) is 8. The highest BCUT2D eigenvalue weighted by atomic mass is 35.5. The van der Waals surface area contributed by atoms with E-state index >= 15 is 0 Å². The number of carbonyl (C=O) groups excluding carboxylic acids is 1. The van der Waals surface area contributed by atoms with Crippen LogP contribution in [0.2, 0.25) is 5.02 Å². The Morgan fingerprint density at radius 1 is 1.19 bits per heavy atom. The summed E-state index contributed by atoms with van der Waals surface area (Å²) in [5.74, 6) is 1.73. The summed E-state index contributed by atoms with van der Waals surface area (Å²) in [6.07, 6.45) is 0.822. The fourth-order valence-electron chi connectivity index (χ4n) is 3.08. The third kappa shape index (κ3) is 5.03. The predicted molar refractivity (Wildman–Crippen MR) is 125 cm³/mol. The summed E-state index contributed by atoms with van der Waals surface area (Å²) in [6, 6.07) is 11.3. The summed E-state index contributed by atoms with van der Waals surface area (Å²) in [4.78, 5) is 15.6. The zero-order chi connectivity index (χ0) is 22.5. The zero-order valence-electron chi connectivity index (χ0n) is 17.6. The van der Waals surface area contributed by atoms with Crippen molar-refractivity contribution in [3.05, 3.63) is 52.7 Å². The van der Waals surface area contributed by atoms with E-state index < -0.39 is 0 Å². The molecule has 0 spiro atoms. The van der Waals surface area contributed by atoms with Gasteiger partial charge in [-0.05, 0) is 30.0 Å². The Morgan fingerprint density at radius 2 is 2.03 bits per heavy atom. The molecule has 1 aromatic carbocycles. The smallest absolute Gasteiger partial charge is 0.257 e. The number of thiophene rings is 1. The van der Waals surface area contributed by atoms with Crippen LogP contribution in [-0.4, -0.2) is 48.1 Å². The molecule has 166 valence electrons. The lowest BCUT2D eigenvalue weighted by Gasteiger charge is -2.19. The SMILES string of the molecule is CCCN(Cc1nnc(-c2cccs2)o1)C(=O)CSc1nnc(-c2ccccc2Cl)n1C. The second-order valence-electron chi connectivity index (χ2n) is 6.93. The summed E-state index contributed by atoms with van der Waals surface area (Å²) in [5.41, 5.74) is 0.799. The highest BCUT2D eigenvalue weighted by Gasteiger charge is 2.20. The minimum Gasteiger partial charge on any atom is -0.418 e. The quantitative estimate of drug-likeness (QED) is 0.313. The molecule has 0 unspecified atom stereocenters.